The number of ether oxygens (including phenoxy) is 2. The fourth-order valence-electron chi connectivity index (χ4n) is 2.95. The molecule has 0 aromatic heterocycles. The quantitative estimate of drug-likeness (QED) is 0.550. The highest BCUT2D eigenvalue weighted by Gasteiger charge is 2.30. The zero-order chi connectivity index (χ0) is 21.8. The van der Waals surface area contributed by atoms with Gasteiger partial charge in [-0.15, -0.1) is 0 Å². The summed E-state index contributed by atoms with van der Waals surface area (Å²) in [6, 6.07) is 20.6. The molecule has 0 aliphatic heterocycles. The molecule has 0 radical (unpaired) electrons. The van der Waals surface area contributed by atoms with Gasteiger partial charge in [0.1, 0.15) is 22.1 Å². The van der Waals surface area contributed by atoms with Crippen molar-refractivity contribution in [2.45, 2.75) is 23.8 Å². The highest BCUT2D eigenvalue weighted by atomic mass is 32.2. The van der Waals surface area contributed by atoms with Crippen LogP contribution in [0.5, 0.6) is 17.2 Å². The SMILES string of the molecule is COc1ccc(C(=O)Nc2ccc(Oc3ccccc3)cc2)cc1S(=O)(=O)NC1CC1. The summed E-state index contributed by atoms with van der Waals surface area (Å²) >= 11 is 0. The third kappa shape index (κ3) is 5.22. The van der Waals surface area contributed by atoms with Crippen molar-refractivity contribution >= 4 is 21.6 Å². The molecule has 0 saturated heterocycles. The number of carbonyl (C=O) groups excluding carboxylic acids is 1. The van der Waals surface area contributed by atoms with Crippen LogP contribution in [0.2, 0.25) is 0 Å². The number of carbonyl (C=O) groups is 1. The molecule has 1 amide bonds. The van der Waals surface area contributed by atoms with E-state index in [-0.39, 0.29) is 22.3 Å². The standard InChI is InChI=1S/C23H22N2O5S/c1-29-21-14-7-16(15-22(21)31(27,28)25-18-8-9-18)23(26)24-17-10-12-20(13-11-17)30-19-5-3-2-4-6-19/h2-7,10-15,18,25H,8-9H2,1H3,(H,24,26). The third-order valence-electron chi connectivity index (χ3n) is 4.71. The molecule has 1 fully saturated rings. The van der Waals surface area contributed by atoms with Crippen molar-refractivity contribution in [3.05, 3.63) is 78.4 Å². The van der Waals surface area contributed by atoms with Crippen molar-refractivity contribution in [1.82, 2.24) is 4.72 Å². The van der Waals surface area contributed by atoms with Crippen molar-refractivity contribution in [1.29, 1.82) is 0 Å². The normalized spacial score (nSPS) is 13.5. The van der Waals surface area contributed by atoms with Crippen molar-refractivity contribution in [2.75, 3.05) is 12.4 Å². The van der Waals surface area contributed by atoms with Gasteiger partial charge >= 0.3 is 0 Å². The predicted molar refractivity (Wildman–Crippen MR) is 117 cm³/mol. The number of benzene rings is 3. The Kier molecular flexibility index (Phi) is 5.92. The van der Waals surface area contributed by atoms with Gasteiger partial charge < -0.3 is 14.8 Å². The van der Waals surface area contributed by atoms with Crippen LogP contribution in [-0.4, -0.2) is 27.5 Å². The van der Waals surface area contributed by atoms with Crippen LogP contribution in [0, 0.1) is 0 Å². The molecule has 2 N–H and O–H groups in total. The average molecular weight is 439 g/mol. The van der Waals surface area contributed by atoms with Crippen LogP contribution in [0.1, 0.15) is 23.2 Å². The van der Waals surface area contributed by atoms with Crippen LogP contribution in [0.3, 0.4) is 0 Å². The summed E-state index contributed by atoms with van der Waals surface area (Å²) in [6.07, 6.45) is 1.62. The van der Waals surface area contributed by atoms with E-state index in [1.807, 2.05) is 30.3 Å². The van der Waals surface area contributed by atoms with Gasteiger partial charge in [0.2, 0.25) is 10.0 Å². The van der Waals surface area contributed by atoms with Crippen molar-refractivity contribution < 1.29 is 22.7 Å². The highest BCUT2D eigenvalue weighted by Crippen LogP contribution is 2.29. The maximum Gasteiger partial charge on any atom is 0.255 e. The van der Waals surface area contributed by atoms with Gasteiger partial charge in [-0.25, -0.2) is 13.1 Å². The molecule has 3 aromatic rings. The van der Waals surface area contributed by atoms with E-state index < -0.39 is 15.9 Å². The first-order valence-electron chi connectivity index (χ1n) is 9.79. The summed E-state index contributed by atoms with van der Waals surface area (Å²) in [4.78, 5) is 12.7. The number of anilines is 1. The lowest BCUT2D eigenvalue weighted by Crippen LogP contribution is -2.26. The summed E-state index contributed by atoms with van der Waals surface area (Å²) in [5.41, 5.74) is 0.767. The van der Waals surface area contributed by atoms with E-state index in [0.29, 0.717) is 17.2 Å². The second-order valence-corrected chi connectivity index (χ2v) is 8.84. The molecule has 3 aromatic carbocycles. The van der Waals surface area contributed by atoms with Crippen LogP contribution < -0.4 is 19.5 Å². The minimum atomic E-state index is -3.78. The summed E-state index contributed by atoms with van der Waals surface area (Å²) in [5.74, 6) is 1.11. The maximum atomic E-state index is 12.7. The van der Waals surface area contributed by atoms with Gasteiger partial charge in [-0.1, -0.05) is 18.2 Å². The van der Waals surface area contributed by atoms with Gasteiger partial charge in [-0.3, -0.25) is 4.79 Å². The molecule has 1 saturated carbocycles. The molecule has 0 bridgehead atoms. The van der Waals surface area contributed by atoms with Gasteiger partial charge in [0, 0.05) is 17.3 Å². The largest absolute Gasteiger partial charge is 0.495 e. The van der Waals surface area contributed by atoms with Crippen molar-refractivity contribution in [2.24, 2.45) is 0 Å². The summed E-state index contributed by atoms with van der Waals surface area (Å²) in [6.45, 7) is 0. The number of rotatable bonds is 8. The summed E-state index contributed by atoms with van der Waals surface area (Å²) in [7, 11) is -2.38. The number of hydrogen-bond donors (Lipinski definition) is 2. The summed E-state index contributed by atoms with van der Waals surface area (Å²) in [5, 5.41) is 2.77. The Bertz CT molecular complexity index is 1170. The lowest BCUT2D eigenvalue weighted by Gasteiger charge is -2.12. The highest BCUT2D eigenvalue weighted by molar-refractivity contribution is 7.89. The second-order valence-electron chi connectivity index (χ2n) is 7.15. The minimum absolute atomic E-state index is 0.0520. The van der Waals surface area contributed by atoms with Crippen molar-refractivity contribution in [3.63, 3.8) is 0 Å². The molecular formula is C23H22N2O5S. The third-order valence-corrected chi connectivity index (χ3v) is 6.25. The van der Waals surface area contributed by atoms with E-state index in [1.165, 1.54) is 25.3 Å². The monoisotopic (exact) mass is 438 g/mol. The Morgan fingerprint density at radius 1 is 0.935 bits per heavy atom. The Balaban J connectivity index is 1.48. The van der Waals surface area contributed by atoms with E-state index in [0.717, 1.165) is 12.8 Å². The molecule has 0 atom stereocenters. The molecule has 0 heterocycles. The molecule has 0 unspecified atom stereocenters. The number of nitrogens with one attached hydrogen (secondary N) is 2. The van der Waals surface area contributed by atoms with Crippen molar-refractivity contribution in [3.8, 4) is 17.2 Å². The second kappa shape index (κ2) is 8.79. The Morgan fingerprint density at radius 2 is 1.61 bits per heavy atom. The van der Waals surface area contributed by atoms with Crippen LogP contribution in [-0.2, 0) is 10.0 Å². The molecular weight excluding hydrogens is 416 g/mol. The molecule has 31 heavy (non-hydrogen) atoms. The molecule has 160 valence electrons. The topological polar surface area (TPSA) is 93.7 Å². The molecule has 1 aliphatic rings. The van der Waals surface area contributed by atoms with Gasteiger partial charge in [-0.05, 0) is 67.4 Å². The lowest BCUT2D eigenvalue weighted by molar-refractivity contribution is 0.102. The van der Waals surface area contributed by atoms with Crippen LogP contribution in [0.25, 0.3) is 0 Å². The first kappa shape index (κ1) is 20.9. The zero-order valence-corrected chi connectivity index (χ0v) is 17.7. The molecule has 1 aliphatic carbocycles. The molecule has 4 rings (SSSR count). The fraction of sp³-hybridized carbons (Fsp3) is 0.174. The van der Waals surface area contributed by atoms with Gasteiger partial charge in [-0.2, -0.15) is 0 Å². The van der Waals surface area contributed by atoms with Crippen LogP contribution in [0.15, 0.2) is 77.7 Å². The number of hydrogen-bond acceptors (Lipinski definition) is 5. The van der Waals surface area contributed by atoms with E-state index >= 15 is 0 Å². The maximum absolute atomic E-state index is 12.7. The Labute approximate surface area is 181 Å². The average Bonchev–Trinajstić information content (AvgIpc) is 3.58. The zero-order valence-electron chi connectivity index (χ0n) is 16.9. The van der Waals surface area contributed by atoms with Gasteiger partial charge in [0.25, 0.3) is 5.91 Å². The van der Waals surface area contributed by atoms with Gasteiger partial charge in [0.05, 0.1) is 7.11 Å². The van der Waals surface area contributed by atoms with Gasteiger partial charge in [0.15, 0.2) is 0 Å². The number of methoxy groups -OCH3 is 1. The van der Waals surface area contributed by atoms with Crippen LogP contribution >= 0.6 is 0 Å². The number of sulfonamides is 1. The smallest absolute Gasteiger partial charge is 0.255 e. The summed E-state index contributed by atoms with van der Waals surface area (Å²) < 4.78 is 38.8. The number of para-hydroxylation sites is 1. The van der Waals surface area contributed by atoms with Crippen LogP contribution in [0.4, 0.5) is 5.69 Å². The lowest BCUT2D eigenvalue weighted by atomic mass is 10.2. The van der Waals surface area contributed by atoms with E-state index in [9.17, 15) is 13.2 Å². The van der Waals surface area contributed by atoms with E-state index in [1.54, 1.807) is 24.3 Å². The fourth-order valence-corrected chi connectivity index (χ4v) is 4.45. The molecule has 7 nitrogen and oxygen atoms in total. The molecule has 8 heteroatoms. The first-order chi connectivity index (χ1) is 14.9. The molecule has 0 spiro atoms. The number of amides is 1. The van der Waals surface area contributed by atoms with E-state index in [2.05, 4.69) is 10.0 Å². The minimum Gasteiger partial charge on any atom is -0.495 e. The Hall–Kier alpha value is -3.36. The first-order valence-corrected chi connectivity index (χ1v) is 11.3. The van der Waals surface area contributed by atoms with E-state index in [4.69, 9.17) is 9.47 Å². The Morgan fingerprint density at radius 3 is 2.26 bits per heavy atom. The predicted octanol–water partition coefficient (Wildman–Crippen LogP) is 4.18.